The molecule has 4 heteroatoms. The van der Waals surface area contributed by atoms with E-state index in [0.29, 0.717) is 5.56 Å². The van der Waals surface area contributed by atoms with E-state index in [1.807, 2.05) is 42.5 Å². The van der Waals surface area contributed by atoms with Crippen molar-refractivity contribution in [2.24, 2.45) is 5.73 Å². The van der Waals surface area contributed by atoms with E-state index >= 15 is 0 Å². The van der Waals surface area contributed by atoms with Gasteiger partial charge in [-0.3, -0.25) is 4.79 Å². The molecule has 0 unspecified atom stereocenters. The van der Waals surface area contributed by atoms with Gasteiger partial charge in [0.25, 0.3) is 5.91 Å². The van der Waals surface area contributed by atoms with Crippen molar-refractivity contribution in [2.75, 3.05) is 0 Å². The molecular formula is C17H12N2O2. The number of primary amides is 1. The zero-order chi connectivity index (χ0) is 14.4. The van der Waals surface area contributed by atoms with Gasteiger partial charge in [-0.05, 0) is 30.3 Å². The number of furan rings is 1. The Morgan fingerprint density at radius 3 is 2.71 bits per heavy atom. The Kier molecular flexibility index (Phi) is 2.38. The number of nitrogens with two attached hydrogens (primary N) is 1. The lowest BCUT2D eigenvalue weighted by Gasteiger charge is -2.03. The minimum atomic E-state index is -0.458. The second-order valence-electron chi connectivity index (χ2n) is 4.98. The van der Waals surface area contributed by atoms with Crippen molar-refractivity contribution in [3.05, 3.63) is 60.3 Å². The van der Waals surface area contributed by atoms with Crippen LogP contribution in [0.2, 0.25) is 0 Å². The second kappa shape index (κ2) is 4.24. The van der Waals surface area contributed by atoms with Crippen LogP contribution < -0.4 is 5.73 Å². The summed E-state index contributed by atoms with van der Waals surface area (Å²) in [5.41, 5.74) is 8.35. The highest BCUT2D eigenvalue weighted by atomic mass is 16.3. The number of benzene rings is 2. The standard InChI is InChI=1S/C17H12N2O2/c18-17(20)13-8-12(7-11-5-6-19-16(11)13)15-9-10-3-1-2-4-14(10)21-15/h1-9,19H,(H2,18,20). The Hall–Kier alpha value is -3.01. The number of nitrogens with one attached hydrogen (secondary N) is 1. The topological polar surface area (TPSA) is 72.0 Å². The number of carbonyl (C=O) groups is 1. The maximum atomic E-state index is 11.6. The minimum Gasteiger partial charge on any atom is -0.456 e. The number of H-pyrrole nitrogens is 1. The molecule has 0 aliphatic carbocycles. The Labute approximate surface area is 120 Å². The monoisotopic (exact) mass is 276 g/mol. The number of aromatic nitrogens is 1. The summed E-state index contributed by atoms with van der Waals surface area (Å²) in [5.74, 6) is 0.266. The molecule has 2 heterocycles. The summed E-state index contributed by atoms with van der Waals surface area (Å²) < 4.78 is 5.85. The van der Waals surface area contributed by atoms with Gasteiger partial charge in [-0.2, -0.15) is 0 Å². The zero-order valence-corrected chi connectivity index (χ0v) is 11.1. The van der Waals surface area contributed by atoms with E-state index in [4.69, 9.17) is 10.2 Å². The van der Waals surface area contributed by atoms with Crippen LogP contribution in [0.25, 0.3) is 33.2 Å². The molecule has 0 fully saturated rings. The first kappa shape index (κ1) is 11.8. The molecule has 1 amide bonds. The van der Waals surface area contributed by atoms with Gasteiger partial charge in [-0.25, -0.2) is 0 Å². The van der Waals surface area contributed by atoms with Gasteiger partial charge in [0.2, 0.25) is 0 Å². The van der Waals surface area contributed by atoms with Crippen LogP contribution in [-0.2, 0) is 0 Å². The summed E-state index contributed by atoms with van der Waals surface area (Å²) in [7, 11) is 0. The van der Waals surface area contributed by atoms with Crippen LogP contribution >= 0.6 is 0 Å². The summed E-state index contributed by atoms with van der Waals surface area (Å²) in [6, 6.07) is 15.4. The van der Waals surface area contributed by atoms with Gasteiger partial charge in [0.1, 0.15) is 11.3 Å². The van der Waals surface area contributed by atoms with E-state index in [1.165, 1.54) is 0 Å². The fourth-order valence-corrected chi connectivity index (χ4v) is 2.63. The predicted molar refractivity (Wildman–Crippen MR) is 82.0 cm³/mol. The molecule has 0 bridgehead atoms. The second-order valence-corrected chi connectivity index (χ2v) is 4.98. The number of hydrogen-bond acceptors (Lipinski definition) is 2. The van der Waals surface area contributed by atoms with Gasteiger partial charge in [0.05, 0.1) is 11.1 Å². The summed E-state index contributed by atoms with van der Waals surface area (Å²) in [4.78, 5) is 14.7. The van der Waals surface area contributed by atoms with E-state index < -0.39 is 5.91 Å². The first-order valence-electron chi connectivity index (χ1n) is 6.62. The molecule has 4 rings (SSSR count). The Morgan fingerprint density at radius 2 is 1.90 bits per heavy atom. The van der Waals surface area contributed by atoms with E-state index in [-0.39, 0.29) is 0 Å². The maximum absolute atomic E-state index is 11.6. The highest BCUT2D eigenvalue weighted by Gasteiger charge is 2.13. The average Bonchev–Trinajstić information content (AvgIpc) is 3.11. The third kappa shape index (κ3) is 1.80. The first-order valence-corrected chi connectivity index (χ1v) is 6.62. The number of aromatic amines is 1. The number of hydrogen-bond donors (Lipinski definition) is 2. The molecule has 0 saturated heterocycles. The third-order valence-electron chi connectivity index (χ3n) is 3.63. The zero-order valence-electron chi connectivity index (χ0n) is 11.1. The van der Waals surface area contributed by atoms with Crippen molar-refractivity contribution in [1.82, 2.24) is 4.98 Å². The van der Waals surface area contributed by atoms with Crippen molar-refractivity contribution >= 4 is 27.8 Å². The van der Waals surface area contributed by atoms with Gasteiger partial charge >= 0.3 is 0 Å². The van der Waals surface area contributed by atoms with Crippen molar-refractivity contribution in [1.29, 1.82) is 0 Å². The number of carbonyl (C=O) groups excluding carboxylic acids is 1. The normalized spacial score (nSPS) is 11.2. The molecule has 0 aliphatic rings. The lowest BCUT2D eigenvalue weighted by Crippen LogP contribution is -2.11. The van der Waals surface area contributed by atoms with Crippen LogP contribution in [-0.4, -0.2) is 10.9 Å². The van der Waals surface area contributed by atoms with Crippen molar-refractivity contribution in [3.63, 3.8) is 0 Å². The molecule has 0 saturated carbocycles. The van der Waals surface area contributed by atoms with Gasteiger partial charge in [0.15, 0.2) is 0 Å². The van der Waals surface area contributed by atoms with Crippen LogP contribution in [0, 0.1) is 0 Å². The van der Waals surface area contributed by atoms with Crippen LogP contribution in [0.4, 0.5) is 0 Å². The maximum Gasteiger partial charge on any atom is 0.250 e. The number of fused-ring (bicyclic) bond motifs is 2. The van der Waals surface area contributed by atoms with Gasteiger partial charge < -0.3 is 15.1 Å². The molecule has 4 aromatic rings. The van der Waals surface area contributed by atoms with E-state index in [0.717, 1.165) is 33.2 Å². The van der Waals surface area contributed by atoms with Gasteiger partial charge in [-0.1, -0.05) is 18.2 Å². The van der Waals surface area contributed by atoms with Crippen molar-refractivity contribution in [3.8, 4) is 11.3 Å². The number of rotatable bonds is 2. The SMILES string of the molecule is NC(=O)c1cc(-c2cc3ccccc3o2)cc2cc[nH]c12. The van der Waals surface area contributed by atoms with Crippen LogP contribution in [0.3, 0.4) is 0 Å². The van der Waals surface area contributed by atoms with Crippen LogP contribution in [0.1, 0.15) is 10.4 Å². The smallest absolute Gasteiger partial charge is 0.250 e. The molecule has 4 nitrogen and oxygen atoms in total. The Balaban J connectivity index is 1.99. The molecule has 21 heavy (non-hydrogen) atoms. The summed E-state index contributed by atoms with van der Waals surface area (Å²) >= 11 is 0. The lowest BCUT2D eigenvalue weighted by molar-refractivity contribution is 0.100. The van der Waals surface area contributed by atoms with E-state index in [2.05, 4.69) is 4.98 Å². The highest BCUT2D eigenvalue weighted by Crippen LogP contribution is 2.31. The van der Waals surface area contributed by atoms with Crippen molar-refractivity contribution in [2.45, 2.75) is 0 Å². The highest BCUT2D eigenvalue weighted by molar-refractivity contribution is 6.06. The predicted octanol–water partition coefficient (Wildman–Crippen LogP) is 3.68. The number of para-hydroxylation sites is 1. The molecule has 3 N–H and O–H groups in total. The molecule has 0 spiro atoms. The number of amides is 1. The lowest BCUT2D eigenvalue weighted by atomic mass is 10.0. The fourth-order valence-electron chi connectivity index (χ4n) is 2.63. The molecule has 0 aliphatic heterocycles. The van der Waals surface area contributed by atoms with Crippen LogP contribution in [0.5, 0.6) is 0 Å². The molecule has 2 aromatic heterocycles. The Morgan fingerprint density at radius 1 is 1.05 bits per heavy atom. The van der Waals surface area contributed by atoms with Gasteiger partial charge in [-0.15, -0.1) is 0 Å². The first-order chi connectivity index (χ1) is 10.2. The van der Waals surface area contributed by atoms with E-state index in [1.54, 1.807) is 12.3 Å². The molecule has 102 valence electrons. The third-order valence-corrected chi connectivity index (χ3v) is 3.63. The quantitative estimate of drug-likeness (QED) is 0.586. The largest absolute Gasteiger partial charge is 0.456 e. The van der Waals surface area contributed by atoms with E-state index in [9.17, 15) is 4.79 Å². The molecule has 2 aromatic carbocycles. The summed E-state index contributed by atoms with van der Waals surface area (Å²) in [6.45, 7) is 0. The molecular weight excluding hydrogens is 264 g/mol. The summed E-state index contributed by atoms with van der Waals surface area (Å²) in [6.07, 6.45) is 1.79. The van der Waals surface area contributed by atoms with Crippen molar-refractivity contribution < 1.29 is 9.21 Å². The summed E-state index contributed by atoms with van der Waals surface area (Å²) in [5, 5.41) is 1.96. The fraction of sp³-hybridized carbons (Fsp3) is 0. The Bertz CT molecular complexity index is 946. The van der Waals surface area contributed by atoms with Gasteiger partial charge in [0, 0.05) is 22.5 Å². The molecule has 0 atom stereocenters. The minimum absolute atomic E-state index is 0.458. The van der Waals surface area contributed by atoms with Crippen LogP contribution in [0.15, 0.2) is 59.1 Å². The molecule has 0 radical (unpaired) electrons. The average molecular weight is 276 g/mol.